The molecule has 5 heteroatoms. The van der Waals surface area contributed by atoms with Crippen molar-refractivity contribution in [2.75, 3.05) is 6.54 Å². The van der Waals surface area contributed by atoms with Crippen LogP contribution >= 0.6 is 0 Å². The third-order valence-corrected chi connectivity index (χ3v) is 3.34. The van der Waals surface area contributed by atoms with Gasteiger partial charge in [0.2, 0.25) is 0 Å². The molecule has 1 aromatic carbocycles. The average Bonchev–Trinajstić information content (AvgIpc) is 2.31. The van der Waals surface area contributed by atoms with E-state index in [1.165, 1.54) is 11.1 Å². The summed E-state index contributed by atoms with van der Waals surface area (Å²) in [5.74, 6) is 0.309. The molecule has 0 amide bonds. The summed E-state index contributed by atoms with van der Waals surface area (Å²) >= 11 is 0. The van der Waals surface area contributed by atoms with E-state index in [-0.39, 0.29) is 41.1 Å². The molecule has 1 unspecified atom stereocenters. The Morgan fingerprint density at radius 1 is 1.40 bits per heavy atom. The van der Waals surface area contributed by atoms with Crippen molar-refractivity contribution in [3.8, 4) is 0 Å². The van der Waals surface area contributed by atoms with Gasteiger partial charge in [0.25, 0.3) is 0 Å². The maximum atomic E-state index is 7.95. The van der Waals surface area contributed by atoms with Crippen LogP contribution in [-0.4, -0.2) is 12.1 Å². The SMILES string of the molecule is Cc1cccc(C(N)/C=C(\[NH-])NC(C)(C)CN)c1C.[Na+]. The Hall–Kier alpha value is -0.520. The van der Waals surface area contributed by atoms with E-state index in [4.69, 9.17) is 17.2 Å². The monoisotopic (exact) mass is 284 g/mol. The van der Waals surface area contributed by atoms with Crippen molar-refractivity contribution in [3.05, 3.63) is 52.5 Å². The number of hydrogen-bond donors (Lipinski definition) is 3. The molecule has 1 atom stereocenters. The summed E-state index contributed by atoms with van der Waals surface area (Å²) in [6.07, 6.45) is 1.72. The summed E-state index contributed by atoms with van der Waals surface area (Å²) in [5, 5.41) is 3.06. The van der Waals surface area contributed by atoms with Crippen LogP contribution in [0.15, 0.2) is 30.1 Å². The zero-order valence-electron chi connectivity index (χ0n) is 13.2. The van der Waals surface area contributed by atoms with Crippen LogP contribution in [0.5, 0.6) is 0 Å². The molecule has 0 fully saturated rings. The van der Waals surface area contributed by atoms with E-state index in [0.29, 0.717) is 12.4 Å². The first kappa shape index (κ1) is 19.5. The first-order chi connectivity index (χ1) is 8.76. The van der Waals surface area contributed by atoms with Crippen LogP contribution in [0.3, 0.4) is 0 Å². The van der Waals surface area contributed by atoms with Gasteiger partial charge in [-0.3, -0.25) is 0 Å². The van der Waals surface area contributed by atoms with Crippen LogP contribution in [-0.2, 0) is 0 Å². The average molecular weight is 284 g/mol. The molecule has 0 bridgehead atoms. The number of nitrogens with two attached hydrogens (primary N) is 2. The van der Waals surface area contributed by atoms with Gasteiger partial charge in [-0.05, 0) is 42.6 Å². The topological polar surface area (TPSA) is 87.9 Å². The summed E-state index contributed by atoms with van der Waals surface area (Å²) in [5.41, 5.74) is 22.9. The summed E-state index contributed by atoms with van der Waals surface area (Å²) in [6, 6.07) is 5.78. The second kappa shape index (κ2) is 8.05. The number of aryl methyl sites for hydroxylation is 1. The van der Waals surface area contributed by atoms with E-state index < -0.39 is 0 Å². The minimum absolute atomic E-state index is 0. The Kier molecular flexibility index (Phi) is 7.84. The number of hydrogen-bond acceptors (Lipinski definition) is 3. The number of nitrogens with one attached hydrogen (secondary N) is 2. The van der Waals surface area contributed by atoms with Gasteiger partial charge in [-0.2, -0.15) is 0 Å². The van der Waals surface area contributed by atoms with E-state index in [9.17, 15) is 0 Å². The minimum atomic E-state index is -0.297. The Morgan fingerprint density at radius 2 is 2.00 bits per heavy atom. The minimum Gasteiger partial charge on any atom is -0.483 e. The molecule has 4 nitrogen and oxygen atoms in total. The van der Waals surface area contributed by atoms with E-state index in [1.54, 1.807) is 6.08 Å². The van der Waals surface area contributed by atoms with Gasteiger partial charge in [-0.15, -0.1) is 0 Å². The third-order valence-electron chi connectivity index (χ3n) is 3.34. The largest absolute Gasteiger partial charge is 1.00 e. The van der Waals surface area contributed by atoms with Gasteiger partial charge in [0.15, 0.2) is 0 Å². The number of benzene rings is 1. The van der Waals surface area contributed by atoms with Crippen molar-refractivity contribution in [1.29, 1.82) is 0 Å². The molecule has 1 rings (SSSR count). The van der Waals surface area contributed by atoms with Crippen molar-refractivity contribution in [1.82, 2.24) is 5.32 Å². The first-order valence-electron chi connectivity index (χ1n) is 6.50. The second-order valence-electron chi connectivity index (χ2n) is 5.61. The van der Waals surface area contributed by atoms with E-state index in [1.807, 2.05) is 26.0 Å². The summed E-state index contributed by atoms with van der Waals surface area (Å²) in [6.45, 7) is 8.49. The fourth-order valence-corrected chi connectivity index (χ4v) is 1.86. The van der Waals surface area contributed by atoms with Crippen LogP contribution in [0.25, 0.3) is 5.73 Å². The van der Waals surface area contributed by atoms with Crippen LogP contribution in [0.2, 0.25) is 0 Å². The summed E-state index contributed by atoms with van der Waals surface area (Å²) in [7, 11) is 0. The van der Waals surface area contributed by atoms with E-state index in [2.05, 4.69) is 25.2 Å². The van der Waals surface area contributed by atoms with Gasteiger partial charge in [0, 0.05) is 6.04 Å². The van der Waals surface area contributed by atoms with E-state index >= 15 is 0 Å². The zero-order chi connectivity index (χ0) is 14.6. The van der Waals surface area contributed by atoms with Crippen molar-refractivity contribution >= 4 is 0 Å². The van der Waals surface area contributed by atoms with E-state index in [0.717, 1.165) is 5.56 Å². The molecule has 0 heterocycles. The summed E-state index contributed by atoms with van der Waals surface area (Å²) < 4.78 is 0. The van der Waals surface area contributed by atoms with Crippen molar-refractivity contribution < 1.29 is 29.6 Å². The molecule has 6 N–H and O–H groups in total. The molecule has 1 aromatic rings. The summed E-state index contributed by atoms with van der Waals surface area (Å²) in [4.78, 5) is 0. The maximum Gasteiger partial charge on any atom is 1.00 e. The van der Waals surface area contributed by atoms with Gasteiger partial charge >= 0.3 is 29.6 Å². The molecule has 20 heavy (non-hydrogen) atoms. The second-order valence-corrected chi connectivity index (χ2v) is 5.61. The first-order valence-corrected chi connectivity index (χ1v) is 6.50. The fraction of sp³-hybridized carbons (Fsp3) is 0.467. The molecule has 0 radical (unpaired) electrons. The Labute approximate surface area is 144 Å². The van der Waals surface area contributed by atoms with Crippen molar-refractivity contribution in [3.63, 3.8) is 0 Å². The molecule has 0 saturated carbocycles. The molecular formula is C15H25N4Na. The molecule has 0 saturated heterocycles. The fourth-order valence-electron chi connectivity index (χ4n) is 1.86. The van der Waals surface area contributed by atoms with Crippen LogP contribution in [0.1, 0.15) is 36.6 Å². The zero-order valence-corrected chi connectivity index (χ0v) is 15.2. The molecule has 0 aliphatic heterocycles. The molecule has 0 aliphatic carbocycles. The molecule has 0 aromatic heterocycles. The Bertz CT molecular complexity index is 469. The third kappa shape index (κ3) is 5.46. The molecule has 0 spiro atoms. The molecular weight excluding hydrogens is 259 g/mol. The molecule has 0 aliphatic rings. The quantitative estimate of drug-likeness (QED) is 0.639. The Balaban J connectivity index is 0.00000361. The predicted octanol–water partition coefficient (Wildman–Crippen LogP) is -0.472. The predicted molar refractivity (Wildman–Crippen MR) is 81.5 cm³/mol. The van der Waals surface area contributed by atoms with Crippen molar-refractivity contribution in [2.24, 2.45) is 11.5 Å². The van der Waals surface area contributed by atoms with Gasteiger partial charge in [-0.1, -0.05) is 43.9 Å². The van der Waals surface area contributed by atoms with Crippen LogP contribution in [0, 0.1) is 13.8 Å². The standard InChI is InChI=1S/C15H25N4.Na/c1-10-6-5-7-12(11(10)2)13(17)8-14(18)19-15(3,4)9-16;/h5-8,13,18-19H,9,16-17H2,1-4H3;/q-1;+1/b14-8+;. The maximum absolute atomic E-state index is 7.95. The van der Waals surface area contributed by atoms with Crippen LogP contribution < -0.4 is 46.3 Å². The van der Waals surface area contributed by atoms with Crippen LogP contribution in [0.4, 0.5) is 0 Å². The van der Waals surface area contributed by atoms with Crippen molar-refractivity contribution in [2.45, 2.75) is 39.3 Å². The van der Waals surface area contributed by atoms with Gasteiger partial charge in [0.1, 0.15) is 0 Å². The van der Waals surface area contributed by atoms with Gasteiger partial charge < -0.3 is 22.5 Å². The normalized spacial score (nSPS) is 13.6. The number of rotatable bonds is 5. The Morgan fingerprint density at radius 3 is 2.55 bits per heavy atom. The smallest absolute Gasteiger partial charge is 0.483 e. The van der Waals surface area contributed by atoms with Gasteiger partial charge in [0.05, 0.1) is 0 Å². The van der Waals surface area contributed by atoms with Gasteiger partial charge in [-0.25, -0.2) is 0 Å². The molecule has 106 valence electrons.